The first kappa shape index (κ1) is 19.4. The number of nitrogens with one attached hydrogen (secondary N) is 1. The van der Waals surface area contributed by atoms with Crippen LogP contribution in [-0.4, -0.2) is 41.5 Å². The predicted molar refractivity (Wildman–Crippen MR) is 110 cm³/mol. The van der Waals surface area contributed by atoms with Crippen molar-refractivity contribution in [1.82, 2.24) is 15.2 Å². The molecule has 0 bridgehead atoms. The van der Waals surface area contributed by atoms with E-state index >= 15 is 0 Å². The fourth-order valence-electron chi connectivity index (χ4n) is 3.18. The van der Waals surface area contributed by atoms with Crippen molar-refractivity contribution in [2.24, 2.45) is 0 Å². The van der Waals surface area contributed by atoms with Crippen LogP contribution in [0, 0.1) is 6.92 Å². The Morgan fingerprint density at radius 1 is 1.31 bits per heavy atom. The summed E-state index contributed by atoms with van der Waals surface area (Å²) in [5, 5.41) is 5.27. The number of carbonyl (C=O) groups is 1. The van der Waals surface area contributed by atoms with Gasteiger partial charge in [0, 0.05) is 41.5 Å². The number of amides is 1. The van der Waals surface area contributed by atoms with Gasteiger partial charge < -0.3 is 10.2 Å². The van der Waals surface area contributed by atoms with Crippen molar-refractivity contribution in [2.45, 2.75) is 49.2 Å². The summed E-state index contributed by atoms with van der Waals surface area (Å²) in [5.41, 5.74) is 3.04. The van der Waals surface area contributed by atoms with Gasteiger partial charge in [-0.25, -0.2) is 4.98 Å². The Balaban J connectivity index is 1.46. The van der Waals surface area contributed by atoms with Crippen LogP contribution in [0.5, 0.6) is 0 Å². The van der Waals surface area contributed by atoms with E-state index in [1.807, 2.05) is 31.2 Å². The van der Waals surface area contributed by atoms with Crippen molar-refractivity contribution in [2.75, 3.05) is 19.6 Å². The first-order valence-corrected chi connectivity index (χ1v) is 11.2. The molecule has 2 heterocycles. The van der Waals surface area contributed by atoms with Crippen LogP contribution in [0.15, 0.2) is 34.0 Å². The molecule has 4 nitrogen and oxygen atoms in total. The maximum atomic E-state index is 12.5. The normalized spacial score (nSPS) is 15.9. The van der Waals surface area contributed by atoms with Gasteiger partial charge in [0.1, 0.15) is 4.34 Å². The average Bonchev–Trinajstić information content (AvgIpc) is 3.07. The van der Waals surface area contributed by atoms with Crippen LogP contribution < -0.4 is 5.32 Å². The highest BCUT2D eigenvalue weighted by molar-refractivity contribution is 8.00. The summed E-state index contributed by atoms with van der Waals surface area (Å²) in [6.45, 7) is 7.58. The Hall–Kier alpha value is -1.37. The van der Waals surface area contributed by atoms with Gasteiger partial charge in [-0.15, -0.1) is 11.3 Å². The van der Waals surface area contributed by atoms with Crippen LogP contribution in [0.25, 0.3) is 0 Å². The van der Waals surface area contributed by atoms with Crippen molar-refractivity contribution in [1.29, 1.82) is 0 Å². The number of carbonyl (C=O) groups excluding carboxylic acids is 1. The molecule has 1 N–H and O–H groups in total. The molecule has 0 unspecified atom stereocenters. The fraction of sp³-hybridized carbons (Fsp3) is 0.500. The highest BCUT2D eigenvalue weighted by atomic mass is 32.2. The second-order valence-electron chi connectivity index (χ2n) is 6.83. The van der Waals surface area contributed by atoms with Gasteiger partial charge >= 0.3 is 0 Å². The van der Waals surface area contributed by atoms with E-state index in [2.05, 4.69) is 27.5 Å². The number of rotatable bonds is 7. The van der Waals surface area contributed by atoms with Crippen LogP contribution in [0.3, 0.4) is 0 Å². The lowest BCUT2D eigenvalue weighted by molar-refractivity contribution is 0.0911. The van der Waals surface area contributed by atoms with Crippen molar-refractivity contribution in [3.63, 3.8) is 0 Å². The van der Waals surface area contributed by atoms with E-state index in [0.717, 1.165) is 47.3 Å². The number of hydrogen-bond acceptors (Lipinski definition) is 5. The van der Waals surface area contributed by atoms with E-state index < -0.39 is 0 Å². The standard InChI is InChI=1S/C20H27N3OS2/c1-3-10-23-11-8-18(9-12-23)22-19(24)17-6-4-16(5-7-17)14-26-20-21-15(2)13-25-20/h4-7,13,18H,3,8-12,14H2,1-2H3,(H,22,24). The zero-order valence-corrected chi connectivity index (χ0v) is 17.2. The van der Waals surface area contributed by atoms with Crippen LogP contribution >= 0.6 is 23.1 Å². The van der Waals surface area contributed by atoms with Gasteiger partial charge in [-0.3, -0.25) is 4.79 Å². The number of piperidine rings is 1. The smallest absolute Gasteiger partial charge is 0.251 e. The van der Waals surface area contributed by atoms with E-state index in [0.29, 0.717) is 6.04 Å². The number of nitrogens with zero attached hydrogens (tertiary/aromatic N) is 2. The molecule has 1 saturated heterocycles. The molecule has 0 radical (unpaired) electrons. The molecule has 26 heavy (non-hydrogen) atoms. The van der Waals surface area contributed by atoms with E-state index in [-0.39, 0.29) is 5.91 Å². The number of aromatic nitrogens is 1. The number of hydrogen-bond donors (Lipinski definition) is 1. The van der Waals surface area contributed by atoms with Gasteiger partial charge in [-0.05, 0) is 50.4 Å². The first-order chi connectivity index (χ1) is 12.6. The molecular formula is C20H27N3OS2. The van der Waals surface area contributed by atoms with Crippen molar-refractivity contribution < 1.29 is 4.79 Å². The Morgan fingerprint density at radius 2 is 2.04 bits per heavy atom. The minimum Gasteiger partial charge on any atom is -0.349 e. The molecule has 1 fully saturated rings. The minimum atomic E-state index is 0.0497. The third-order valence-corrected chi connectivity index (χ3v) is 6.85. The van der Waals surface area contributed by atoms with Gasteiger partial charge in [-0.1, -0.05) is 30.8 Å². The second kappa shape index (κ2) is 9.53. The zero-order valence-electron chi connectivity index (χ0n) is 15.5. The molecule has 0 aliphatic carbocycles. The molecule has 0 saturated carbocycles. The lowest BCUT2D eigenvalue weighted by Gasteiger charge is -2.32. The fourth-order valence-corrected chi connectivity index (χ4v) is 4.99. The number of thiazole rings is 1. The molecule has 1 aromatic carbocycles. The topological polar surface area (TPSA) is 45.2 Å². The largest absolute Gasteiger partial charge is 0.349 e. The van der Waals surface area contributed by atoms with E-state index in [1.165, 1.54) is 18.5 Å². The monoisotopic (exact) mass is 389 g/mol. The second-order valence-corrected chi connectivity index (χ2v) is 8.91. The number of benzene rings is 1. The Kier molecular flexibility index (Phi) is 7.11. The Bertz CT molecular complexity index is 706. The van der Waals surface area contributed by atoms with Crippen molar-refractivity contribution >= 4 is 29.0 Å². The summed E-state index contributed by atoms with van der Waals surface area (Å²) in [6.07, 6.45) is 3.30. The third kappa shape index (κ3) is 5.56. The minimum absolute atomic E-state index is 0.0497. The van der Waals surface area contributed by atoms with Crippen LogP contribution in [0.1, 0.15) is 47.8 Å². The molecule has 2 aromatic rings. The lowest BCUT2D eigenvalue weighted by atomic mass is 10.0. The Labute approximate surface area is 164 Å². The average molecular weight is 390 g/mol. The summed E-state index contributed by atoms with van der Waals surface area (Å²) < 4.78 is 1.10. The van der Waals surface area contributed by atoms with Crippen molar-refractivity contribution in [3.05, 3.63) is 46.5 Å². The predicted octanol–water partition coefficient (Wildman–Crippen LogP) is 4.35. The molecule has 1 amide bonds. The van der Waals surface area contributed by atoms with Gasteiger partial charge in [-0.2, -0.15) is 0 Å². The van der Waals surface area contributed by atoms with Gasteiger partial charge in [0.05, 0.1) is 0 Å². The summed E-state index contributed by atoms with van der Waals surface area (Å²) in [6, 6.07) is 8.27. The summed E-state index contributed by atoms with van der Waals surface area (Å²) in [5.74, 6) is 0.929. The van der Waals surface area contributed by atoms with Gasteiger partial charge in [0.15, 0.2) is 0 Å². The van der Waals surface area contributed by atoms with E-state index in [1.54, 1.807) is 23.1 Å². The number of thioether (sulfide) groups is 1. The number of aryl methyl sites for hydroxylation is 1. The van der Waals surface area contributed by atoms with Gasteiger partial charge in [0.2, 0.25) is 0 Å². The maximum absolute atomic E-state index is 12.5. The molecular weight excluding hydrogens is 362 g/mol. The SMILES string of the molecule is CCCN1CCC(NC(=O)c2ccc(CSc3nc(C)cs3)cc2)CC1. The first-order valence-electron chi connectivity index (χ1n) is 9.31. The van der Waals surface area contributed by atoms with Gasteiger partial charge in [0.25, 0.3) is 5.91 Å². The molecule has 1 aromatic heterocycles. The molecule has 1 aliphatic rings. The van der Waals surface area contributed by atoms with E-state index in [9.17, 15) is 4.79 Å². The number of likely N-dealkylation sites (tertiary alicyclic amines) is 1. The zero-order chi connectivity index (χ0) is 18.4. The molecule has 140 valence electrons. The van der Waals surface area contributed by atoms with E-state index in [4.69, 9.17) is 0 Å². The molecule has 0 spiro atoms. The van der Waals surface area contributed by atoms with Crippen LogP contribution in [0.4, 0.5) is 0 Å². The molecule has 1 aliphatic heterocycles. The lowest BCUT2D eigenvalue weighted by Crippen LogP contribution is -2.44. The summed E-state index contributed by atoms with van der Waals surface area (Å²) in [4.78, 5) is 19.4. The summed E-state index contributed by atoms with van der Waals surface area (Å²) in [7, 11) is 0. The molecule has 0 atom stereocenters. The highest BCUT2D eigenvalue weighted by Crippen LogP contribution is 2.26. The quantitative estimate of drug-likeness (QED) is 0.715. The maximum Gasteiger partial charge on any atom is 0.251 e. The van der Waals surface area contributed by atoms with Crippen molar-refractivity contribution in [3.8, 4) is 0 Å². The summed E-state index contributed by atoms with van der Waals surface area (Å²) >= 11 is 3.43. The Morgan fingerprint density at radius 3 is 2.65 bits per heavy atom. The third-order valence-electron chi connectivity index (χ3n) is 4.64. The van der Waals surface area contributed by atoms with Crippen LogP contribution in [0.2, 0.25) is 0 Å². The molecule has 3 rings (SSSR count). The molecule has 6 heteroatoms. The van der Waals surface area contributed by atoms with Crippen LogP contribution in [-0.2, 0) is 5.75 Å². The highest BCUT2D eigenvalue weighted by Gasteiger charge is 2.20.